The van der Waals surface area contributed by atoms with E-state index in [2.05, 4.69) is 26.9 Å². The second-order valence-corrected chi connectivity index (χ2v) is 7.13. The predicted octanol–water partition coefficient (Wildman–Crippen LogP) is 1.99. The number of hydrogen-bond acceptors (Lipinski definition) is 7. The number of aromatic hydroxyl groups is 1. The summed E-state index contributed by atoms with van der Waals surface area (Å²) in [5.74, 6) is 1.76. The zero-order valence-corrected chi connectivity index (χ0v) is 14.7. The molecule has 1 N–H and O–H groups in total. The maximum atomic E-state index is 10.7. The summed E-state index contributed by atoms with van der Waals surface area (Å²) in [5.41, 5.74) is 0. The van der Waals surface area contributed by atoms with Crippen LogP contribution in [-0.4, -0.2) is 62.7 Å². The molecule has 1 aliphatic rings. The van der Waals surface area contributed by atoms with E-state index in [1.54, 1.807) is 10.8 Å². The zero-order valence-electron chi connectivity index (χ0n) is 13.8. The highest BCUT2D eigenvalue weighted by molar-refractivity contribution is 7.17. The Kier molecular flexibility index (Phi) is 4.03. The lowest BCUT2D eigenvalue weighted by Gasteiger charge is -2.36. The number of hydrogen-bond donors (Lipinski definition) is 1. The normalized spacial score (nSPS) is 18.4. The fraction of sp³-hybridized carbons (Fsp3) is 0.500. The van der Waals surface area contributed by atoms with Crippen molar-refractivity contribution in [1.29, 1.82) is 0 Å². The van der Waals surface area contributed by atoms with E-state index in [9.17, 15) is 5.11 Å². The van der Waals surface area contributed by atoms with E-state index < -0.39 is 0 Å². The van der Waals surface area contributed by atoms with Crippen LogP contribution in [0.3, 0.4) is 0 Å². The number of aromatic nitrogens is 3. The minimum atomic E-state index is -0.104. The third-order valence-corrected chi connectivity index (χ3v) is 5.60. The summed E-state index contributed by atoms with van der Waals surface area (Å²) in [6, 6.07) is 3.75. The molecule has 7 nitrogen and oxygen atoms in total. The van der Waals surface area contributed by atoms with Crippen LogP contribution in [0.2, 0.25) is 0 Å². The maximum absolute atomic E-state index is 10.7. The number of likely N-dealkylation sites (N-methyl/N-ethyl adjacent to an activating group) is 1. The maximum Gasteiger partial charge on any atom is 0.230 e. The van der Waals surface area contributed by atoms with Gasteiger partial charge < -0.3 is 14.4 Å². The van der Waals surface area contributed by atoms with Gasteiger partial charge in [0.1, 0.15) is 11.8 Å². The third kappa shape index (κ3) is 2.60. The molecule has 4 heterocycles. The number of nitrogens with zero attached hydrogens (tertiary/aromatic N) is 5. The van der Waals surface area contributed by atoms with E-state index in [1.807, 2.05) is 19.1 Å². The second-order valence-electron chi connectivity index (χ2n) is 6.12. The molecule has 0 radical (unpaired) electrons. The number of furan rings is 1. The molecule has 0 bridgehead atoms. The van der Waals surface area contributed by atoms with Crippen molar-refractivity contribution in [1.82, 2.24) is 24.4 Å². The summed E-state index contributed by atoms with van der Waals surface area (Å²) >= 11 is 1.48. The van der Waals surface area contributed by atoms with Gasteiger partial charge in [-0.05, 0) is 19.2 Å². The number of rotatable bonds is 4. The van der Waals surface area contributed by atoms with Gasteiger partial charge in [-0.3, -0.25) is 4.90 Å². The van der Waals surface area contributed by atoms with Crippen molar-refractivity contribution in [3.63, 3.8) is 0 Å². The summed E-state index contributed by atoms with van der Waals surface area (Å²) in [6.07, 6.45) is 2.44. The van der Waals surface area contributed by atoms with E-state index in [0.717, 1.165) is 54.0 Å². The van der Waals surface area contributed by atoms with Gasteiger partial charge in [0, 0.05) is 32.6 Å². The van der Waals surface area contributed by atoms with Gasteiger partial charge in [-0.25, -0.2) is 4.98 Å². The molecular formula is C16H21N5O2S. The first kappa shape index (κ1) is 15.6. The van der Waals surface area contributed by atoms with E-state index in [0.29, 0.717) is 0 Å². The first-order chi connectivity index (χ1) is 11.7. The molecule has 24 heavy (non-hydrogen) atoms. The Morgan fingerprint density at radius 2 is 2.12 bits per heavy atom. The Morgan fingerprint density at radius 1 is 1.33 bits per heavy atom. The molecule has 0 aliphatic carbocycles. The summed E-state index contributed by atoms with van der Waals surface area (Å²) in [5, 5.41) is 15.1. The van der Waals surface area contributed by atoms with Crippen molar-refractivity contribution in [3.8, 4) is 5.88 Å². The lowest BCUT2D eigenvalue weighted by atomic mass is 10.1. The Balaban J connectivity index is 1.76. The van der Waals surface area contributed by atoms with Gasteiger partial charge in [0.2, 0.25) is 10.8 Å². The van der Waals surface area contributed by atoms with Crippen molar-refractivity contribution in [2.45, 2.75) is 19.4 Å². The molecule has 0 spiro atoms. The third-order valence-electron chi connectivity index (χ3n) is 4.52. The highest BCUT2D eigenvalue weighted by Crippen LogP contribution is 2.40. The van der Waals surface area contributed by atoms with E-state index in [-0.39, 0.29) is 11.9 Å². The minimum Gasteiger partial charge on any atom is -0.492 e. The molecule has 3 aromatic heterocycles. The molecule has 0 unspecified atom stereocenters. The molecule has 1 atom stereocenters. The highest BCUT2D eigenvalue weighted by Gasteiger charge is 2.32. The Labute approximate surface area is 144 Å². The summed E-state index contributed by atoms with van der Waals surface area (Å²) in [6.45, 7) is 5.86. The summed E-state index contributed by atoms with van der Waals surface area (Å²) in [7, 11) is 2.13. The summed E-state index contributed by atoms with van der Waals surface area (Å²) in [4.78, 5) is 10.7. The van der Waals surface area contributed by atoms with Crippen LogP contribution in [0.15, 0.2) is 22.8 Å². The van der Waals surface area contributed by atoms with Gasteiger partial charge in [-0.2, -0.15) is 4.52 Å². The average Bonchev–Trinajstić information content (AvgIpc) is 3.29. The molecule has 0 amide bonds. The van der Waals surface area contributed by atoms with Crippen molar-refractivity contribution in [2.75, 3.05) is 33.2 Å². The van der Waals surface area contributed by atoms with Crippen LogP contribution in [0.1, 0.15) is 29.4 Å². The molecule has 3 aromatic rings. The summed E-state index contributed by atoms with van der Waals surface area (Å²) < 4.78 is 7.24. The first-order valence-electron chi connectivity index (χ1n) is 8.20. The van der Waals surface area contributed by atoms with Gasteiger partial charge in [0.15, 0.2) is 5.82 Å². The number of thiazole rings is 1. The largest absolute Gasteiger partial charge is 0.492 e. The van der Waals surface area contributed by atoms with Crippen molar-refractivity contribution in [2.24, 2.45) is 0 Å². The molecule has 1 fully saturated rings. The topological polar surface area (TPSA) is 70.0 Å². The fourth-order valence-corrected chi connectivity index (χ4v) is 4.24. The van der Waals surface area contributed by atoms with E-state index >= 15 is 0 Å². The first-order valence-corrected chi connectivity index (χ1v) is 9.02. The SMILES string of the molecule is CCc1nc2sc([C@H](c3ccco3)N3CCN(C)CC3)c(O)n2n1. The molecular weight excluding hydrogens is 326 g/mol. The van der Waals surface area contributed by atoms with Crippen LogP contribution >= 0.6 is 11.3 Å². The van der Waals surface area contributed by atoms with Crippen LogP contribution < -0.4 is 0 Å². The molecule has 0 saturated carbocycles. The second kappa shape index (κ2) is 6.19. The standard InChI is InChI=1S/C16H21N5O2S/c1-3-12-17-16-21(18-12)15(22)14(24-16)13(11-5-4-10-23-11)20-8-6-19(2)7-9-20/h4-5,10,13,22H,3,6-9H2,1-2H3/t13-/m0/s1. The molecule has 8 heteroatoms. The monoisotopic (exact) mass is 347 g/mol. The van der Waals surface area contributed by atoms with Crippen molar-refractivity contribution >= 4 is 16.3 Å². The highest BCUT2D eigenvalue weighted by atomic mass is 32.1. The smallest absolute Gasteiger partial charge is 0.230 e. The predicted molar refractivity (Wildman–Crippen MR) is 91.5 cm³/mol. The Hall–Kier alpha value is -1.90. The van der Waals surface area contributed by atoms with Crippen LogP contribution in [0.4, 0.5) is 0 Å². The molecule has 1 saturated heterocycles. The number of fused-ring (bicyclic) bond motifs is 1. The Bertz CT molecular complexity index is 817. The lowest BCUT2D eigenvalue weighted by Crippen LogP contribution is -2.46. The molecule has 128 valence electrons. The van der Waals surface area contributed by atoms with Gasteiger partial charge in [-0.1, -0.05) is 18.3 Å². The minimum absolute atomic E-state index is 0.104. The molecule has 1 aliphatic heterocycles. The van der Waals surface area contributed by atoms with Gasteiger partial charge in [-0.15, -0.1) is 5.10 Å². The molecule has 0 aromatic carbocycles. The zero-order chi connectivity index (χ0) is 16.7. The lowest BCUT2D eigenvalue weighted by molar-refractivity contribution is 0.117. The van der Waals surface area contributed by atoms with Crippen molar-refractivity contribution < 1.29 is 9.52 Å². The fourth-order valence-electron chi connectivity index (χ4n) is 3.12. The van der Waals surface area contributed by atoms with Crippen LogP contribution in [0.5, 0.6) is 5.88 Å². The van der Waals surface area contributed by atoms with Gasteiger partial charge >= 0.3 is 0 Å². The van der Waals surface area contributed by atoms with Crippen LogP contribution in [0.25, 0.3) is 4.96 Å². The van der Waals surface area contributed by atoms with Gasteiger partial charge in [0.05, 0.1) is 11.1 Å². The van der Waals surface area contributed by atoms with Crippen LogP contribution in [0, 0.1) is 0 Å². The number of aryl methyl sites for hydroxylation is 1. The number of piperazine rings is 1. The van der Waals surface area contributed by atoms with Crippen molar-refractivity contribution in [3.05, 3.63) is 34.9 Å². The quantitative estimate of drug-likeness (QED) is 0.778. The van der Waals surface area contributed by atoms with Crippen LogP contribution in [-0.2, 0) is 6.42 Å². The van der Waals surface area contributed by atoms with Gasteiger partial charge in [0.25, 0.3) is 0 Å². The molecule has 4 rings (SSSR count). The van der Waals surface area contributed by atoms with E-state index in [1.165, 1.54) is 11.3 Å². The average molecular weight is 347 g/mol. The van der Waals surface area contributed by atoms with E-state index in [4.69, 9.17) is 4.42 Å². The Morgan fingerprint density at radius 3 is 2.75 bits per heavy atom.